The van der Waals surface area contributed by atoms with Crippen LogP contribution in [0.2, 0.25) is 5.15 Å². The second-order valence-electron chi connectivity index (χ2n) is 2.61. The third-order valence-corrected chi connectivity index (χ3v) is 1.74. The van der Waals surface area contributed by atoms with Crippen LogP contribution in [0.3, 0.4) is 0 Å². The molecule has 0 aliphatic carbocycles. The van der Waals surface area contributed by atoms with Crippen LogP contribution in [-0.2, 0) is 0 Å². The molecule has 0 aliphatic heterocycles. The molecule has 1 heterocycles. The van der Waals surface area contributed by atoms with E-state index in [-0.39, 0.29) is 11.0 Å². The summed E-state index contributed by atoms with van der Waals surface area (Å²) >= 11 is 5.46. The second-order valence-corrected chi connectivity index (χ2v) is 2.97. The van der Waals surface area contributed by atoms with E-state index in [4.69, 9.17) is 11.6 Å². The molecule has 8 heteroatoms. The lowest BCUT2D eigenvalue weighted by Gasteiger charge is -2.16. The van der Waals surface area contributed by atoms with Crippen molar-refractivity contribution in [1.82, 2.24) is 9.97 Å². The highest BCUT2D eigenvalue weighted by molar-refractivity contribution is 6.31. The average molecular weight is 244 g/mol. The van der Waals surface area contributed by atoms with Gasteiger partial charge in [-0.2, -0.15) is 8.78 Å². The first-order valence-electron chi connectivity index (χ1n) is 3.80. The fourth-order valence-corrected chi connectivity index (χ4v) is 0.890. The van der Waals surface area contributed by atoms with Gasteiger partial charge in [0.25, 0.3) is 0 Å². The zero-order valence-electron chi connectivity index (χ0n) is 7.22. The van der Waals surface area contributed by atoms with E-state index in [1.807, 2.05) is 5.32 Å². The van der Waals surface area contributed by atoms with E-state index in [9.17, 15) is 17.6 Å². The average Bonchev–Trinajstić information content (AvgIpc) is 2.16. The Kier molecular flexibility index (Phi) is 3.67. The molecule has 0 bridgehead atoms. The van der Waals surface area contributed by atoms with E-state index in [1.165, 1.54) is 12.4 Å². The van der Waals surface area contributed by atoms with Gasteiger partial charge in [0.05, 0.1) is 6.54 Å². The minimum atomic E-state index is -4.12. The van der Waals surface area contributed by atoms with Gasteiger partial charge in [-0.3, -0.25) is 0 Å². The quantitative estimate of drug-likeness (QED) is 0.826. The molecule has 0 aliphatic rings. The van der Waals surface area contributed by atoms with Gasteiger partial charge in [0.2, 0.25) is 0 Å². The maximum Gasteiger partial charge on any atom is 0.324 e. The van der Waals surface area contributed by atoms with Crippen LogP contribution in [0.25, 0.3) is 0 Å². The number of nitrogens with one attached hydrogen (secondary N) is 1. The van der Waals surface area contributed by atoms with Crippen LogP contribution in [0.1, 0.15) is 0 Å². The molecule has 1 aromatic heterocycles. The van der Waals surface area contributed by atoms with Crippen molar-refractivity contribution >= 4 is 17.4 Å². The third-order valence-electron chi connectivity index (χ3n) is 1.46. The topological polar surface area (TPSA) is 37.8 Å². The molecule has 3 nitrogen and oxygen atoms in total. The highest BCUT2D eigenvalue weighted by atomic mass is 35.5. The Balaban J connectivity index is 2.62. The fraction of sp³-hybridized carbons (Fsp3) is 0.429. The van der Waals surface area contributed by atoms with E-state index in [1.54, 1.807) is 0 Å². The molecule has 0 radical (unpaired) electrons. The molecule has 0 unspecified atom stereocenters. The normalized spacial score (nSPS) is 11.9. The van der Waals surface area contributed by atoms with Crippen LogP contribution >= 0.6 is 11.6 Å². The highest BCUT2D eigenvalue weighted by Crippen LogP contribution is 2.24. The molecule has 1 rings (SSSR count). The van der Waals surface area contributed by atoms with Gasteiger partial charge in [-0.05, 0) is 0 Å². The second kappa shape index (κ2) is 4.61. The van der Waals surface area contributed by atoms with Crippen molar-refractivity contribution in [3.63, 3.8) is 0 Å². The molecular weight excluding hydrogens is 238 g/mol. The van der Waals surface area contributed by atoms with Gasteiger partial charge in [0, 0.05) is 12.4 Å². The van der Waals surface area contributed by atoms with E-state index in [0.29, 0.717) is 0 Å². The van der Waals surface area contributed by atoms with Gasteiger partial charge in [0.15, 0.2) is 11.0 Å². The van der Waals surface area contributed by atoms with E-state index in [0.717, 1.165) is 0 Å². The van der Waals surface area contributed by atoms with Crippen molar-refractivity contribution in [3.8, 4) is 0 Å². The lowest BCUT2D eigenvalue weighted by Crippen LogP contribution is -2.35. The Morgan fingerprint density at radius 1 is 1.33 bits per heavy atom. The van der Waals surface area contributed by atoms with Gasteiger partial charge >= 0.3 is 12.3 Å². The summed E-state index contributed by atoms with van der Waals surface area (Å²) in [6, 6.07) is 0. The van der Waals surface area contributed by atoms with Crippen molar-refractivity contribution in [3.05, 3.63) is 17.5 Å². The lowest BCUT2D eigenvalue weighted by molar-refractivity contribution is -0.117. The number of alkyl halides is 4. The molecule has 0 atom stereocenters. The maximum absolute atomic E-state index is 12.5. The summed E-state index contributed by atoms with van der Waals surface area (Å²) in [6.07, 6.45) is -1.28. The first-order valence-corrected chi connectivity index (χ1v) is 4.17. The SMILES string of the molecule is FC(F)C(F)(F)CNc1nccnc1Cl. The van der Waals surface area contributed by atoms with Gasteiger partial charge in [-0.25, -0.2) is 18.7 Å². The van der Waals surface area contributed by atoms with Crippen molar-refractivity contribution in [2.24, 2.45) is 0 Å². The van der Waals surface area contributed by atoms with Crippen molar-refractivity contribution in [1.29, 1.82) is 0 Å². The standard InChI is InChI=1S/C7H6ClF4N3/c8-4-5(14-2-1-13-4)15-3-7(11,12)6(9)10/h1-2,6H,3H2,(H,14,15). The first-order chi connectivity index (χ1) is 6.93. The van der Waals surface area contributed by atoms with Crippen LogP contribution in [0.15, 0.2) is 12.4 Å². The van der Waals surface area contributed by atoms with E-state index >= 15 is 0 Å². The molecule has 15 heavy (non-hydrogen) atoms. The minimum Gasteiger partial charge on any atom is -0.361 e. The zero-order valence-corrected chi connectivity index (χ0v) is 7.98. The number of aromatic nitrogens is 2. The largest absolute Gasteiger partial charge is 0.361 e. The minimum absolute atomic E-state index is 0.150. The number of nitrogens with zero attached hydrogens (tertiary/aromatic N) is 2. The Morgan fingerprint density at radius 2 is 1.93 bits per heavy atom. The van der Waals surface area contributed by atoms with Crippen LogP contribution in [0.5, 0.6) is 0 Å². The summed E-state index contributed by atoms with van der Waals surface area (Å²) in [5.41, 5.74) is 0. The lowest BCUT2D eigenvalue weighted by atomic mass is 10.3. The Bertz CT molecular complexity index is 334. The summed E-state index contributed by atoms with van der Waals surface area (Å²) in [4.78, 5) is 7.09. The van der Waals surface area contributed by atoms with Crippen LogP contribution < -0.4 is 5.32 Å². The summed E-state index contributed by atoms with van der Waals surface area (Å²) in [6.45, 7) is -1.25. The summed E-state index contributed by atoms with van der Waals surface area (Å²) in [7, 11) is 0. The predicted octanol–water partition coefficient (Wildman–Crippen LogP) is 2.44. The molecular formula is C7H6ClF4N3. The van der Waals surface area contributed by atoms with Crippen molar-refractivity contribution in [2.45, 2.75) is 12.3 Å². The zero-order chi connectivity index (χ0) is 11.5. The van der Waals surface area contributed by atoms with Crippen molar-refractivity contribution in [2.75, 3.05) is 11.9 Å². The Labute approximate surface area is 87.5 Å². The number of rotatable bonds is 4. The molecule has 0 amide bonds. The van der Waals surface area contributed by atoms with Gasteiger partial charge < -0.3 is 5.32 Å². The fourth-order valence-electron chi connectivity index (χ4n) is 0.718. The maximum atomic E-state index is 12.5. The number of halogens is 5. The number of anilines is 1. The third kappa shape index (κ3) is 3.19. The smallest absolute Gasteiger partial charge is 0.324 e. The van der Waals surface area contributed by atoms with Gasteiger partial charge in [-0.15, -0.1) is 0 Å². The van der Waals surface area contributed by atoms with Crippen LogP contribution in [0, 0.1) is 0 Å². The Morgan fingerprint density at radius 3 is 2.47 bits per heavy atom. The molecule has 84 valence electrons. The van der Waals surface area contributed by atoms with E-state index in [2.05, 4.69) is 9.97 Å². The predicted molar refractivity (Wildman–Crippen MR) is 46.5 cm³/mol. The number of hydrogen-bond acceptors (Lipinski definition) is 3. The summed E-state index contributed by atoms with van der Waals surface area (Å²) < 4.78 is 48.4. The van der Waals surface area contributed by atoms with Gasteiger partial charge in [-0.1, -0.05) is 11.6 Å². The first kappa shape index (κ1) is 12.0. The highest BCUT2D eigenvalue weighted by Gasteiger charge is 2.40. The molecule has 1 N–H and O–H groups in total. The molecule has 0 spiro atoms. The molecule has 0 saturated carbocycles. The molecule has 1 aromatic rings. The summed E-state index contributed by atoms with van der Waals surface area (Å²) in [5.74, 6) is -4.28. The summed E-state index contributed by atoms with van der Waals surface area (Å²) in [5, 5.41) is 1.85. The molecule has 0 fully saturated rings. The molecule has 0 saturated heterocycles. The molecule has 0 aromatic carbocycles. The van der Waals surface area contributed by atoms with Crippen LogP contribution in [0.4, 0.5) is 23.4 Å². The monoisotopic (exact) mass is 243 g/mol. The van der Waals surface area contributed by atoms with Crippen LogP contribution in [-0.4, -0.2) is 28.9 Å². The van der Waals surface area contributed by atoms with E-state index < -0.39 is 18.9 Å². The number of hydrogen-bond donors (Lipinski definition) is 1. The van der Waals surface area contributed by atoms with Crippen molar-refractivity contribution < 1.29 is 17.6 Å². The van der Waals surface area contributed by atoms with Gasteiger partial charge in [0.1, 0.15) is 0 Å². The Hall–Kier alpha value is -1.11.